The Morgan fingerprint density at radius 2 is 2.12 bits per heavy atom. The number of aliphatic hydroxyl groups is 1. The van der Waals surface area contributed by atoms with Crippen LogP contribution in [0.1, 0.15) is 30.0 Å². The van der Waals surface area contributed by atoms with Crippen LogP contribution in [0.4, 0.5) is 0 Å². The Kier molecular flexibility index (Phi) is 7.03. The summed E-state index contributed by atoms with van der Waals surface area (Å²) in [5.74, 6) is 0.617. The summed E-state index contributed by atoms with van der Waals surface area (Å²) in [6, 6.07) is 5.17. The van der Waals surface area contributed by atoms with E-state index in [1.807, 2.05) is 23.8 Å². The Morgan fingerprint density at radius 1 is 1.32 bits per heavy atom. The maximum Gasteiger partial charge on any atom is 0.287 e. The molecule has 1 atom stereocenters. The average Bonchev–Trinajstić information content (AvgIpc) is 3.29. The quantitative estimate of drug-likeness (QED) is 0.323. The molecule has 0 aliphatic heterocycles. The lowest BCUT2D eigenvalue weighted by Gasteiger charge is -2.21. The van der Waals surface area contributed by atoms with E-state index in [1.165, 1.54) is 6.26 Å². The topological polar surface area (TPSA) is 98.9 Å². The van der Waals surface area contributed by atoms with E-state index in [0.717, 1.165) is 5.56 Å². The summed E-state index contributed by atoms with van der Waals surface area (Å²) in [4.78, 5) is 16.2. The first kappa shape index (κ1) is 19.0. The van der Waals surface area contributed by atoms with Crippen LogP contribution in [0, 0.1) is 0 Å². The van der Waals surface area contributed by atoms with Gasteiger partial charge in [-0.25, -0.2) is 4.99 Å². The molecule has 2 heterocycles. The Bertz CT molecular complexity index is 666. The molecule has 0 saturated heterocycles. The minimum absolute atomic E-state index is 0.234. The van der Waals surface area contributed by atoms with Gasteiger partial charge < -0.3 is 25.5 Å². The van der Waals surface area contributed by atoms with E-state index in [1.54, 1.807) is 30.4 Å². The lowest BCUT2D eigenvalue weighted by Crippen LogP contribution is -2.42. The van der Waals surface area contributed by atoms with Gasteiger partial charge in [0, 0.05) is 19.6 Å². The molecule has 1 unspecified atom stereocenters. The van der Waals surface area contributed by atoms with Gasteiger partial charge in [-0.15, -0.1) is 0 Å². The Morgan fingerprint density at radius 3 is 2.76 bits per heavy atom. The van der Waals surface area contributed by atoms with Gasteiger partial charge in [0.1, 0.15) is 5.60 Å². The molecule has 1 amide bonds. The largest absolute Gasteiger partial charge is 0.459 e. The number of carbonyl (C=O) groups is 1. The monoisotopic (exact) mass is 364 g/mol. The number of aliphatic imine (C=N–C) groups is 1. The molecule has 0 bridgehead atoms. The Hall–Kier alpha value is -2.32. The van der Waals surface area contributed by atoms with Crippen LogP contribution in [-0.2, 0) is 5.60 Å². The van der Waals surface area contributed by atoms with E-state index in [0.29, 0.717) is 25.6 Å². The van der Waals surface area contributed by atoms with Crippen molar-refractivity contribution in [2.75, 3.05) is 26.2 Å². The third-order valence-electron chi connectivity index (χ3n) is 3.48. The lowest BCUT2D eigenvalue weighted by molar-refractivity contribution is 0.0677. The minimum Gasteiger partial charge on any atom is -0.459 e. The molecule has 25 heavy (non-hydrogen) atoms. The summed E-state index contributed by atoms with van der Waals surface area (Å²) in [5.41, 5.74) is -0.168. The minimum atomic E-state index is -1.02. The maximum atomic E-state index is 11.8. The molecular weight excluding hydrogens is 340 g/mol. The molecule has 2 rings (SSSR count). The first-order chi connectivity index (χ1) is 12.0. The summed E-state index contributed by atoms with van der Waals surface area (Å²) in [6.45, 7) is 5.56. The third-order valence-corrected chi connectivity index (χ3v) is 4.16. The predicted octanol–water partition coefficient (Wildman–Crippen LogP) is 1.53. The SMILES string of the molecule is CCNC(=NCC(C)(O)c1ccsc1)NCCNC(=O)c1ccco1. The van der Waals surface area contributed by atoms with Crippen molar-refractivity contribution >= 4 is 23.2 Å². The van der Waals surface area contributed by atoms with Crippen molar-refractivity contribution in [1.29, 1.82) is 0 Å². The Labute approximate surface area is 151 Å². The summed E-state index contributed by atoms with van der Waals surface area (Å²) >= 11 is 1.54. The number of guanidine groups is 1. The summed E-state index contributed by atoms with van der Waals surface area (Å²) < 4.78 is 5.03. The molecular formula is C17H24N4O3S. The zero-order valence-corrected chi connectivity index (χ0v) is 15.2. The number of furan rings is 1. The number of hydrogen-bond acceptors (Lipinski definition) is 5. The highest BCUT2D eigenvalue weighted by Gasteiger charge is 2.23. The molecule has 0 aliphatic rings. The molecule has 4 N–H and O–H groups in total. The van der Waals surface area contributed by atoms with Crippen molar-refractivity contribution < 1.29 is 14.3 Å². The lowest BCUT2D eigenvalue weighted by atomic mass is 10.00. The first-order valence-corrected chi connectivity index (χ1v) is 9.06. The molecule has 8 heteroatoms. The van der Waals surface area contributed by atoms with Crippen LogP contribution in [0.15, 0.2) is 44.6 Å². The molecule has 2 aromatic rings. The van der Waals surface area contributed by atoms with E-state index in [2.05, 4.69) is 20.9 Å². The second-order valence-corrected chi connectivity index (χ2v) is 6.42. The van der Waals surface area contributed by atoms with Crippen LogP contribution in [-0.4, -0.2) is 43.2 Å². The number of nitrogens with one attached hydrogen (secondary N) is 3. The summed E-state index contributed by atoms with van der Waals surface area (Å²) in [6.07, 6.45) is 1.46. The number of amides is 1. The number of thiophene rings is 1. The fourth-order valence-electron chi connectivity index (χ4n) is 2.09. The van der Waals surface area contributed by atoms with Gasteiger partial charge in [0.2, 0.25) is 0 Å². The zero-order valence-electron chi connectivity index (χ0n) is 14.4. The average molecular weight is 364 g/mol. The highest BCUT2D eigenvalue weighted by molar-refractivity contribution is 7.08. The van der Waals surface area contributed by atoms with Gasteiger partial charge in [0.05, 0.1) is 12.8 Å². The molecule has 0 saturated carbocycles. The maximum absolute atomic E-state index is 11.8. The van der Waals surface area contributed by atoms with E-state index in [-0.39, 0.29) is 18.2 Å². The fraction of sp³-hybridized carbons (Fsp3) is 0.412. The Balaban J connectivity index is 1.80. The standard InChI is InChI=1S/C17H24N4O3S/c1-3-18-16(21-12-17(2,23)13-6-10-25-11-13)20-8-7-19-15(22)14-5-4-9-24-14/h4-6,9-11,23H,3,7-8,12H2,1-2H3,(H,19,22)(H2,18,20,21). The van der Waals surface area contributed by atoms with Crippen molar-refractivity contribution in [2.45, 2.75) is 19.4 Å². The van der Waals surface area contributed by atoms with Gasteiger partial charge in [0.15, 0.2) is 11.7 Å². The van der Waals surface area contributed by atoms with Crippen LogP contribution in [0.3, 0.4) is 0 Å². The molecule has 2 aromatic heterocycles. The highest BCUT2D eigenvalue weighted by Crippen LogP contribution is 2.23. The van der Waals surface area contributed by atoms with E-state index >= 15 is 0 Å². The smallest absolute Gasteiger partial charge is 0.287 e. The predicted molar refractivity (Wildman–Crippen MR) is 98.9 cm³/mol. The molecule has 7 nitrogen and oxygen atoms in total. The first-order valence-electron chi connectivity index (χ1n) is 8.12. The summed E-state index contributed by atoms with van der Waals surface area (Å²) in [7, 11) is 0. The summed E-state index contributed by atoms with van der Waals surface area (Å²) in [5, 5.41) is 23.4. The van der Waals surface area contributed by atoms with E-state index in [9.17, 15) is 9.90 Å². The second-order valence-electron chi connectivity index (χ2n) is 5.64. The van der Waals surface area contributed by atoms with Crippen LogP contribution >= 0.6 is 11.3 Å². The van der Waals surface area contributed by atoms with Crippen LogP contribution in [0.2, 0.25) is 0 Å². The highest BCUT2D eigenvalue weighted by atomic mass is 32.1. The van der Waals surface area contributed by atoms with Crippen molar-refractivity contribution in [2.24, 2.45) is 4.99 Å². The molecule has 0 aromatic carbocycles. The molecule has 0 aliphatic carbocycles. The van der Waals surface area contributed by atoms with Gasteiger partial charge in [-0.1, -0.05) is 0 Å². The molecule has 0 fully saturated rings. The zero-order chi connectivity index (χ0) is 18.1. The molecule has 0 spiro atoms. The fourth-order valence-corrected chi connectivity index (χ4v) is 2.87. The van der Waals surface area contributed by atoms with Crippen molar-refractivity contribution in [3.05, 3.63) is 46.5 Å². The molecule has 136 valence electrons. The molecule has 0 radical (unpaired) electrons. The van der Waals surface area contributed by atoms with Gasteiger partial charge in [-0.2, -0.15) is 11.3 Å². The van der Waals surface area contributed by atoms with Crippen molar-refractivity contribution in [3.63, 3.8) is 0 Å². The van der Waals surface area contributed by atoms with Crippen LogP contribution in [0.5, 0.6) is 0 Å². The van der Waals surface area contributed by atoms with Crippen molar-refractivity contribution in [3.8, 4) is 0 Å². The van der Waals surface area contributed by atoms with Gasteiger partial charge >= 0.3 is 0 Å². The van der Waals surface area contributed by atoms with Crippen LogP contribution in [0.25, 0.3) is 0 Å². The number of carbonyl (C=O) groups excluding carboxylic acids is 1. The second kappa shape index (κ2) is 9.24. The van der Waals surface area contributed by atoms with E-state index in [4.69, 9.17) is 4.42 Å². The third kappa shape index (κ3) is 5.91. The van der Waals surface area contributed by atoms with Crippen molar-refractivity contribution in [1.82, 2.24) is 16.0 Å². The van der Waals surface area contributed by atoms with Gasteiger partial charge in [-0.3, -0.25) is 4.79 Å². The number of hydrogen-bond donors (Lipinski definition) is 4. The number of rotatable bonds is 8. The number of nitrogens with zero attached hydrogens (tertiary/aromatic N) is 1. The van der Waals surface area contributed by atoms with Crippen LogP contribution < -0.4 is 16.0 Å². The van der Waals surface area contributed by atoms with E-state index < -0.39 is 5.60 Å². The van der Waals surface area contributed by atoms with Gasteiger partial charge in [0.25, 0.3) is 5.91 Å². The van der Waals surface area contributed by atoms with Gasteiger partial charge in [-0.05, 0) is 48.4 Å². The normalized spacial score (nSPS) is 14.0.